The van der Waals surface area contributed by atoms with E-state index >= 15 is 0 Å². The number of anilines is 2. The van der Waals surface area contributed by atoms with Crippen molar-refractivity contribution in [2.75, 3.05) is 31.3 Å². The van der Waals surface area contributed by atoms with Gasteiger partial charge in [0.1, 0.15) is 18.2 Å². The number of nitrogens with zero attached hydrogens (tertiary/aromatic N) is 3. The van der Waals surface area contributed by atoms with Gasteiger partial charge in [0.05, 0.1) is 5.01 Å². The Bertz CT molecular complexity index is 503. The Kier molecular flexibility index (Phi) is 5.05. The summed E-state index contributed by atoms with van der Waals surface area (Å²) in [6, 6.07) is 1.88. The van der Waals surface area contributed by atoms with Crippen molar-refractivity contribution >= 4 is 23.0 Å². The molecule has 2 rings (SSSR count). The molecule has 0 saturated carbocycles. The topological polar surface area (TPSA) is 72.0 Å². The highest BCUT2D eigenvalue weighted by molar-refractivity contribution is 7.09. The lowest BCUT2D eigenvalue weighted by Gasteiger charge is -2.09. The van der Waals surface area contributed by atoms with E-state index < -0.39 is 0 Å². The number of methoxy groups -OCH3 is 1. The first-order valence-electron chi connectivity index (χ1n) is 5.98. The fourth-order valence-electron chi connectivity index (χ4n) is 1.58. The number of rotatable bonds is 7. The van der Waals surface area contributed by atoms with Crippen LogP contribution in [0, 0.1) is 0 Å². The van der Waals surface area contributed by atoms with E-state index in [1.54, 1.807) is 18.4 Å². The fourth-order valence-corrected chi connectivity index (χ4v) is 2.20. The van der Waals surface area contributed by atoms with Crippen molar-refractivity contribution in [3.63, 3.8) is 0 Å². The van der Waals surface area contributed by atoms with Crippen LogP contribution in [0.3, 0.4) is 0 Å². The molecule has 2 heterocycles. The highest BCUT2D eigenvalue weighted by atomic mass is 32.1. The summed E-state index contributed by atoms with van der Waals surface area (Å²) in [5.41, 5.74) is 0. The second-order valence-corrected chi connectivity index (χ2v) is 4.82. The summed E-state index contributed by atoms with van der Waals surface area (Å²) in [4.78, 5) is 12.9. The van der Waals surface area contributed by atoms with Gasteiger partial charge in [0, 0.05) is 44.8 Å². The van der Waals surface area contributed by atoms with Crippen molar-refractivity contribution in [2.45, 2.75) is 13.0 Å². The number of thiazole rings is 1. The Balaban J connectivity index is 1.96. The average molecular weight is 279 g/mol. The molecule has 0 amide bonds. The minimum Gasteiger partial charge on any atom is -0.377 e. The molecular formula is C12H17N5OS. The van der Waals surface area contributed by atoms with E-state index in [1.165, 1.54) is 0 Å². The van der Waals surface area contributed by atoms with Gasteiger partial charge in [-0.2, -0.15) is 0 Å². The Labute approximate surface area is 116 Å². The predicted octanol–water partition coefficient (Wildman–Crippen LogP) is 1.78. The van der Waals surface area contributed by atoms with E-state index in [2.05, 4.69) is 25.6 Å². The quantitative estimate of drug-likeness (QED) is 0.805. The van der Waals surface area contributed by atoms with Crippen LogP contribution in [-0.2, 0) is 17.8 Å². The van der Waals surface area contributed by atoms with Crippen LogP contribution in [0.1, 0.15) is 10.8 Å². The fraction of sp³-hybridized carbons (Fsp3) is 0.417. The molecule has 0 saturated heterocycles. The van der Waals surface area contributed by atoms with E-state index in [-0.39, 0.29) is 0 Å². The zero-order chi connectivity index (χ0) is 13.5. The maximum atomic E-state index is 5.06. The number of ether oxygens (including phenoxy) is 1. The second kappa shape index (κ2) is 7.01. The predicted molar refractivity (Wildman–Crippen MR) is 76.6 cm³/mol. The minimum atomic E-state index is 0.399. The van der Waals surface area contributed by atoms with Crippen molar-refractivity contribution in [1.82, 2.24) is 15.0 Å². The second-order valence-electron chi connectivity index (χ2n) is 3.84. The van der Waals surface area contributed by atoms with Gasteiger partial charge in [0.15, 0.2) is 5.82 Å². The van der Waals surface area contributed by atoms with Gasteiger partial charge < -0.3 is 15.4 Å². The molecule has 19 heavy (non-hydrogen) atoms. The molecule has 0 fully saturated rings. The molecule has 7 heteroatoms. The molecule has 2 aromatic heterocycles. The molecule has 0 aliphatic heterocycles. The SMILES string of the molecule is CNc1cc(NCCc2nccs2)nc(COC)n1. The standard InChI is InChI=1S/C12H17N5OS/c1-13-9-7-10(17-11(16-9)8-18-2)14-4-3-12-15-5-6-19-12/h5-7H,3-4,8H2,1-2H3,(H2,13,14,16,17). The molecule has 2 N–H and O–H groups in total. The molecule has 0 atom stereocenters. The van der Waals surface area contributed by atoms with Crippen LogP contribution < -0.4 is 10.6 Å². The average Bonchev–Trinajstić information content (AvgIpc) is 2.92. The number of aromatic nitrogens is 3. The van der Waals surface area contributed by atoms with Crippen LogP contribution >= 0.6 is 11.3 Å². The zero-order valence-corrected chi connectivity index (χ0v) is 11.8. The number of nitrogens with one attached hydrogen (secondary N) is 2. The van der Waals surface area contributed by atoms with Gasteiger partial charge in [-0.1, -0.05) is 0 Å². The van der Waals surface area contributed by atoms with Crippen molar-refractivity contribution < 1.29 is 4.74 Å². The largest absolute Gasteiger partial charge is 0.377 e. The van der Waals surface area contributed by atoms with Gasteiger partial charge in [-0.05, 0) is 0 Å². The third-order valence-electron chi connectivity index (χ3n) is 2.43. The van der Waals surface area contributed by atoms with Crippen molar-refractivity contribution in [3.05, 3.63) is 28.5 Å². The molecule has 6 nitrogen and oxygen atoms in total. The summed E-state index contributed by atoms with van der Waals surface area (Å²) in [7, 11) is 3.46. The van der Waals surface area contributed by atoms with Crippen molar-refractivity contribution in [3.8, 4) is 0 Å². The summed E-state index contributed by atoms with van der Waals surface area (Å²) < 4.78 is 5.06. The monoisotopic (exact) mass is 279 g/mol. The van der Waals surface area contributed by atoms with E-state index in [0.29, 0.717) is 12.4 Å². The molecular weight excluding hydrogens is 262 g/mol. The van der Waals surface area contributed by atoms with Gasteiger partial charge >= 0.3 is 0 Å². The maximum Gasteiger partial charge on any atom is 0.158 e. The number of hydrogen-bond acceptors (Lipinski definition) is 7. The third-order valence-corrected chi connectivity index (χ3v) is 3.27. The van der Waals surface area contributed by atoms with Gasteiger partial charge in [0.25, 0.3) is 0 Å². The van der Waals surface area contributed by atoms with E-state index in [9.17, 15) is 0 Å². The summed E-state index contributed by atoms with van der Waals surface area (Å²) in [6.45, 7) is 1.19. The highest BCUT2D eigenvalue weighted by Gasteiger charge is 2.04. The van der Waals surface area contributed by atoms with Crippen LogP contribution in [0.25, 0.3) is 0 Å². The Morgan fingerprint density at radius 2 is 2.16 bits per heavy atom. The van der Waals surface area contributed by atoms with Crippen LogP contribution in [0.5, 0.6) is 0 Å². The molecule has 0 aliphatic rings. The van der Waals surface area contributed by atoms with Crippen LogP contribution in [0.2, 0.25) is 0 Å². The Morgan fingerprint density at radius 1 is 1.32 bits per heavy atom. The lowest BCUT2D eigenvalue weighted by atomic mass is 10.4. The van der Waals surface area contributed by atoms with Crippen LogP contribution in [0.15, 0.2) is 17.6 Å². The normalized spacial score (nSPS) is 10.4. The first-order valence-corrected chi connectivity index (χ1v) is 6.86. The maximum absolute atomic E-state index is 5.06. The first kappa shape index (κ1) is 13.7. The van der Waals surface area contributed by atoms with Gasteiger partial charge in [-0.3, -0.25) is 0 Å². The molecule has 2 aromatic rings. The van der Waals surface area contributed by atoms with Gasteiger partial charge in [0.2, 0.25) is 0 Å². The Morgan fingerprint density at radius 3 is 2.84 bits per heavy atom. The van der Waals surface area contributed by atoms with Gasteiger partial charge in [-0.25, -0.2) is 15.0 Å². The van der Waals surface area contributed by atoms with Crippen LogP contribution in [-0.4, -0.2) is 35.7 Å². The summed E-state index contributed by atoms with van der Waals surface area (Å²) >= 11 is 1.66. The lowest BCUT2D eigenvalue weighted by molar-refractivity contribution is 0.178. The molecule has 0 aliphatic carbocycles. The van der Waals surface area contributed by atoms with Crippen molar-refractivity contribution in [2.24, 2.45) is 0 Å². The first-order chi connectivity index (χ1) is 9.31. The minimum absolute atomic E-state index is 0.399. The Hall–Kier alpha value is -1.73. The summed E-state index contributed by atoms with van der Waals surface area (Å²) in [6.07, 6.45) is 2.71. The van der Waals surface area contributed by atoms with E-state index in [1.807, 2.05) is 24.7 Å². The molecule has 0 radical (unpaired) electrons. The molecule has 0 spiro atoms. The molecule has 102 valence electrons. The van der Waals surface area contributed by atoms with E-state index in [4.69, 9.17) is 4.74 Å². The smallest absolute Gasteiger partial charge is 0.158 e. The molecule has 0 unspecified atom stereocenters. The third kappa shape index (κ3) is 4.15. The summed E-state index contributed by atoms with van der Waals surface area (Å²) in [5, 5.41) is 9.39. The number of hydrogen-bond donors (Lipinski definition) is 2. The molecule has 0 aromatic carbocycles. The van der Waals surface area contributed by atoms with Crippen molar-refractivity contribution in [1.29, 1.82) is 0 Å². The lowest BCUT2D eigenvalue weighted by Crippen LogP contribution is -2.09. The van der Waals surface area contributed by atoms with Gasteiger partial charge in [-0.15, -0.1) is 11.3 Å². The summed E-state index contributed by atoms with van der Waals surface area (Å²) in [5.74, 6) is 2.23. The van der Waals surface area contributed by atoms with E-state index in [0.717, 1.165) is 29.6 Å². The zero-order valence-electron chi connectivity index (χ0n) is 11.0. The molecule has 0 bridgehead atoms. The highest BCUT2D eigenvalue weighted by Crippen LogP contribution is 2.12. The van der Waals surface area contributed by atoms with Crippen LogP contribution in [0.4, 0.5) is 11.6 Å².